The molecule has 10 nitrogen and oxygen atoms in total. The Labute approximate surface area is 227 Å². The molecule has 0 unspecified atom stereocenters. The number of rotatable bonds is 17. The summed E-state index contributed by atoms with van der Waals surface area (Å²) in [7, 11) is 0. The van der Waals surface area contributed by atoms with Crippen LogP contribution in [0.1, 0.15) is 65.3 Å². The Morgan fingerprint density at radius 2 is 1.44 bits per heavy atom. The highest BCUT2D eigenvalue weighted by molar-refractivity contribution is 6.27. The second-order valence-electron chi connectivity index (χ2n) is 9.39. The van der Waals surface area contributed by atoms with Gasteiger partial charge in [0.05, 0.1) is 24.3 Å². The first-order valence-corrected chi connectivity index (χ1v) is 13.5. The molecule has 208 valence electrons. The van der Waals surface area contributed by atoms with Crippen LogP contribution in [0.15, 0.2) is 40.8 Å². The Morgan fingerprint density at radius 3 is 2.10 bits per heavy atom. The van der Waals surface area contributed by atoms with Gasteiger partial charge in [-0.25, -0.2) is 0 Å². The molecule has 1 aromatic carbocycles. The molecule has 0 atom stereocenters. The number of nitrogens with one attached hydrogen (secondary N) is 2. The Morgan fingerprint density at radius 1 is 0.795 bits per heavy atom. The number of imide groups is 1. The van der Waals surface area contributed by atoms with Crippen molar-refractivity contribution >= 4 is 34.8 Å². The van der Waals surface area contributed by atoms with Crippen molar-refractivity contribution in [2.45, 2.75) is 45.4 Å². The lowest BCUT2D eigenvalue weighted by Gasteiger charge is -2.13. The van der Waals surface area contributed by atoms with Crippen LogP contribution < -0.4 is 15.4 Å². The molecule has 10 heteroatoms. The maximum absolute atomic E-state index is 12.5. The SMILES string of the molecule is CCc1ccc(OCCCCNC(=O)CCOCCCNC(=O)CCN2C(=O)c3c(c4ccc3o4)C2=O)cc1. The zero-order chi connectivity index (χ0) is 27.6. The van der Waals surface area contributed by atoms with Crippen LogP contribution in [0.2, 0.25) is 0 Å². The molecule has 2 bridgehead atoms. The predicted octanol–water partition coefficient (Wildman–Crippen LogP) is 3.31. The van der Waals surface area contributed by atoms with Crippen LogP contribution in [0, 0.1) is 0 Å². The summed E-state index contributed by atoms with van der Waals surface area (Å²) in [6.45, 7) is 4.47. The summed E-state index contributed by atoms with van der Waals surface area (Å²) in [5, 5.41) is 5.64. The quantitative estimate of drug-likeness (QED) is 0.200. The van der Waals surface area contributed by atoms with Crippen molar-refractivity contribution in [3.63, 3.8) is 0 Å². The molecule has 3 heterocycles. The van der Waals surface area contributed by atoms with Crippen LogP contribution >= 0.6 is 0 Å². The molecule has 0 radical (unpaired) electrons. The van der Waals surface area contributed by atoms with E-state index in [9.17, 15) is 19.2 Å². The molecule has 1 aliphatic rings. The summed E-state index contributed by atoms with van der Waals surface area (Å²) in [6, 6.07) is 11.4. The van der Waals surface area contributed by atoms with Crippen LogP contribution in [-0.2, 0) is 20.7 Å². The molecule has 0 spiro atoms. The van der Waals surface area contributed by atoms with Gasteiger partial charge in [0.2, 0.25) is 11.8 Å². The molecule has 2 aromatic heterocycles. The van der Waals surface area contributed by atoms with Gasteiger partial charge in [-0.3, -0.25) is 24.1 Å². The van der Waals surface area contributed by atoms with E-state index in [1.807, 2.05) is 12.1 Å². The molecule has 1 aliphatic heterocycles. The lowest BCUT2D eigenvalue weighted by atomic mass is 10.1. The van der Waals surface area contributed by atoms with E-state index in [0.717, 1.165) is 29.9 Å². The van der Waals surface area contributed by atoms with Crippen LogP contribution in [0.25, 0.3) is 11.2 Å². The van der Waals surface area contributed by atoms with Crippen molar-refractivity contribution in [2.24, 2.45) is 0 Å². The fourth-order valence-electron chi connectivity index (χ4n) is 4.37. The molecule has 4 amide bonds. The highest BCUT2D eigenvalue weighted by atomic mass is 16.5. The van der Waals surface area contributed by atoms with Crippen molar-refractivity contribution in [2.75, 3.05) is 39.5 Å². The topological polar surface area (TPSA) is 127 Å². The predicted molar refractivity (Wildman–Crippen MR) is 144 cm³/mol. The van der Waals surface area contributed by atoms with E-state index < -0.39 is 11.8 Å². The van der Waals surface area contributed by atoms with E-state index in [0.29, 0.717) is 61.6 Å². The molecule has 0 saturated carbocycles. The monoisotopic (exact) mass is 537 g/mol. The third kappa shape index (κ3) is 7.35. The van der Waals surface area contributed by atoms with E-state index in [2.05, 4.69) is 29.7 Å². The van der Waals surface area contributed by atoms with Gasteiger partial charge in [0.1, 0.15) is 16.9 Å². The van der Waals surface area contributed by atoms with Crippen LogP contribution in [0.4, 0.5) is 0 Å². The van der Waals surface area contributed by atoms with Gasteiger partial charge in [-0.15, -0.1) is 0 Å². The van der Waals surface area contributed by atoms with Crippen molar-refractivity contribution < 1.29 is 33.1 Å². The summed E-state index contributed by atoms with van der Waals surface area (Å²) in [5.74, 6) is -0.284. The molecule has 0 fully saturated rings. The summed E-state index contributed by atoms with van der Waals surface area (Å²) in [5.41, 5.74) is 2.67. The standard InChI is InChI=1S/C29H35N3O7/c1-2-20-6-8-21(9-7-20)38-18-4-3-14-30-25(34)13-19-37-17-5-15-31-24(33)12-16-32-28(35)26-22-10-11-23(39-22)27(26)29(32)36/h6-11H,2-5,12-19H2,1H3,(H,30,34)(H,31,33). The lowest BCUT2D eigenvalue weighted by Crippen LogP contribution is -2.35. The summed E-state index contributed by atoms with van der Waals surface area (Å²) in [4.78, 5) is 50.1. The lowest BCUT2D eigenvalue weighted by molar-refractivity contribution is -0.122. The molecule has 4 rings (SSSR count). The molecule has 39 heavy (non-hydrogen) atoms. The number of hydrogen-bond donors (Lipinski definition) is 2. The molecule has 0 saturated heterocycles. The fourth-order valence-corrected chi connectivity index (χ4v) is 4.37. The first kappa shape index (κ1) is 28.1. The Hall–Kier alpha value is -3.92. The third-order valence-electron chi connectivity index (χ3n) is 6.58. The number of unbranched alkanes of at least 4 members (excludes halogenated alkanes) is 1. The van der Waals surface area contributed by atoms with Gasteiger partial charge in [0.25, 0.3) is 11.8 Å². The fraction of sp³-hybridized carbons (Fsp3) is 0.448. The number of carbonyl (C=O) groups excluding carboxylic acids is 4. The molecular formula is C29H35N3O7. The van der Waals surface area contributed by atoms with E-state index >= 15 is 0 Å². The average molecular weight is 538 g/mol. The minimum absolute atomic E-state index is 0.0164. The van der Waals surface area contributed by atoms with Gasteiger partial charge >= 0.3 is 0 Å². The number of ether oxygens (including phenoxy) is 2. The molecule has 2 N–H and O–H groups in total. The zero-order valence-corrected chi connectivity index (χ0v) is 22.3. The average Bonchev–Trinajstić information content (AvgIpc) is 3.63. The highest BCUT2D eigenvalue weighted by Crippen LogP contribution is 2.35. The van der Waals surface area contributed by atoms with Crippen molar-refractivity contribution in [1.82, 2.24) is 15.5 Å². The van der Waals surface area contributed by atoms with Crippen LogP contribution in [0.3, 0.4) is 0 Å². The summed E-state index contributed by atoms with van der Waals surface area (Å²) in [6.07, 6.45) is 3.59. The Bertz CT molecular complexity index is 1220. The van der Waals surface area contributed by atoms with Crippen LogP contribution in [0.5, 0.6) is 5.75 Å². The third-order valence-corrected chi connectivity index (χ3v) is 6.58. The number of furan rings is 2. The molecule has 0 aliphatic carbocycles. The van der Waals surface area contributed by atoms with Gasteiger partial charge in [0, 0.05) is 39.1 Å². The maximum atomic E-state index is 12.5. The first-order chi connectivity index (χ1) is 19.0. The zero-order valence-electron chi connectivity index (χ0n) is 22.3. The molecule has 3 aromatic rings. The van der Waals surface area contributed by atoms with Crippen molar-refractivity contribution in [1.29, 1.82) is 0 Å². The number of amides is 4. The van der Waals surface area contributed by atoms with E-state index in [4.69, 9.17) is 13.9 Å². The van der Waals surface area contributed by atoms with Gasteiger partial charge in [-0.2, -0.15) is 0 Å². The number of fused-ring (bicyclic) bond motifs is 5. The normalized spacial score (nSPS) is 12.8. The number of aryl methyl sites for hydroxylation is 1. The second-order valence-corrected chi connectivity index (χ2v) is 9.39. The number of carbonyl (C=O) groups is 4. The maximum Gasteiger partial charge on any atom is 0.265 e. The number of benzene rings is 2. The Balaban J connectivity index is 0.955. The van der Waals surface area contributed by atoms with E-state index in [1.165, 1.54) is 5.56 Å². The minimum atomic E-state index is -0.419. The Kier molecular flexibility index (Phi) is 9.91. The number of nitrogens with zero attached hydrogens (tertiary/aromatic N) is 1. The van der Waals surface area contributed by atoms with Gasteiger partial charge in [0.15, 0.2) is 0 Å². The van der Waals surface area contributed by atoms with Gasteiger partial charge < -0.3 is 24.5 Å². The second kappa shape index (κ2) is 13.7. The summed E-state index contributed by atoms with van der Waals surface area (Å²) < 4.78 is 16.6. The largest absolute Gasteiger partial charge is 0.494 e. The summed E-state index contributed by atoms with van der Waals surface area (Å²) >= 11 is 0. The van der Waals surface area contributed by atoms with Gasteiger partial charge in [-0.1, -0.05) is 19.1 Å². The van der Waals surface area contributed by atoms with E-state index in [1.54, 1.807) is 12.1 Å². The van der Waals surface area contributed by atoms with Gasteiger partial charge in [-0.05, 0) is 55.5 Å². The smallest absolute Gasteiger partial charge is 0.265 e. The van der Waals surface area contributed by atoms with Crippen LogP contribution in [-0.4, -0.2) is 68.0 Å². The minimum Gasteiger partial charge on any atom is -0.494 e. The first-order valence-electron chi connectivity index (χ1n) is 13.5. The van der Waals surface area contributed by atoms with Crippen molar-refractivity contribution in [3.8, 4) is 5.75 Å². The van der Waals surface area contributed by atoms with E-state index in [-0.39, 0.29) is 31.2 Å². The van der Waals surface area contributed by atoms with Crippen molar-refractivity contribution in [3.05, 3.63) is 53.1 Å². The molecular weight excluding hydrogens is 502 g/mol. The highest BCUT2D eigenvalue weighted by Gasteiger charge is 2.41. The number of hydrogen-bond acceptors (Lipinski definition) is 7.